The third-order valence-corrected chi connectivity index (χ3v) is 4.04. The van der Waals surface area contributed by atoms with Crippen LogP contribution in [0, 0.1) is 0 Å². The van der Waals surface area contributed by atoms with Crippen molar-refractivity contribution < 1.29 is 24.2 Å². The molecule has 0 aliphatic heterocycles. The summed E-state index contributed by atoms with van der Waals surface area (Å²) in [5, 5.41) is 15.9. The number of amides is 2. The minimum atomic E-state index is -0.970. The number of urea groups is 1. The fraction of sp³-hybridized carbons (Fsp3) is 0.250. The van der Waals surface area contributed by atoms with Gasteiger partial charge in [-0.25, -0.2) is 14.6 Å². The van der Waals surface area contributed by atoms with Gasteiger partial charge in [0.15, 0.2) is 5.69 Å². The van der Waals surface area contributed by atoms with Gasteiger partial charge in [0.05, 0.1) is 13.5 Å². The van der Waals surface area contributed by atoms with Crippen LogP contribution in [0.2, 0.25) is 0 Å². The third kappa shape index (κ3) is 5.57. The molecule has 0 spiro atoms. The second-order valence-electron chi connectivity index (χ2n) is 4.98. The number of rotatable bonds is 7. The molecule has 2 rings (SSSR count). The molecule has 132 valence electrons. The molecule has 2 aromatic rings. The quantitative estimate of drug-likeness (QED) is 0.647. The first kappa shape index (κ1) is 18.4. The fourth-order valence-electron chi connectivity index (χ4n) is 1.95. The normalized spacial score (nSPS) is 10.1. The van der Waals surface area contributed by atoms with E-state index < -0.39 is 18.0 Å². The average molecular weight is 363 g/mol. The van der Waals surface area contributed by atoms with Gasteiger partial charge < -0.3 is 20.5 Å². The first-order chi connectivity index (χ1) is 12.0. The van der Waals surface area contributed by atoms with Gasteiger partial charge in [-0.3, -0.25) is 4.79 Å². The molecule has 2 amide bonds. The zero-order chi connectivity index (χ0) is 18.2. The molecule has 0 bridgehead atoms. The van der Waals surface area contributed by atoms with E-state index in [1.54, 1.807) is 5.38 Å². The molecule has 1 aromatic carbocycles. The van der Waals surface area contributed by atoms with E-state index in [2.05, 4.69) is 20.4 Å². The maximum Gasteiger partial charge on any atom is 0.357 e. The van der Waals surface area contributed by atoms with Gasteiger partial charge in [-0.15, -0.1) is 11.3 Å². The zero-order valence-corrected chi connectivity index (χ0v) is 14.3. The largest absolute Gasteiger partial charge is 0.481 e. The second-order valence-corrected chi connectivity index (χ2v) is 5.84. The molecule has 0 aliphatic carbocycles. The summed E-state index contributed by atoms with van der Waals surface area (Å²) in [5.41, 5.74) is 1.93. The second kappa shape index (κ2) is 8.78. The predicted molar refractivity (Wildman–Crippen MR) is 91.4 cm³/mol. The first-order valence-corrected chi connectivity index (χ1v) is 8.24. The van der Waals surface area contributed by atoms with Crippen LogP contribution >= 0.6 is 11.3 Å². The molecule has 0 saturated carbocycles. The van der Waals surface area contributed by atoms with Crippen LogP contribution in [0.25, 0.3) is 10.6 Å². The number of ether oxygens (including phenoxy) is 1. The standard InChI is InChI=1S/C16H17N3O5S/c1-24-15(22)12-9-25-14(19-12)11-4-2-3-10(7-11)8-18-16(23)17-6-5-13(20)21/h2-4,7,9H,5-6,8H2,1H3,(H,20,21)(H2,17,18,23). The Hall–Kier alpha value is -2.94. The number of carbonyl (C=O) groups is 3. The molecule has 9 heteroatoms. The van der Waals surface area contributed by atoms with E-state index >= 15 is 0 Å². The number of esters is 1. The summed E-state index contributed by atoms with van der Waals surface area (Å²) in [4.78, 5) is 37.7. The van der Waals surface area contributed by atoms with Crippen LogP contribution in [0.5, 0.6) is 0 Å². The molecule has 25 heavy (non-hydrogen) atoms. The minimum Gasteiger partial charge on any atom is -0.481 e. The number of benzene rings is 1. The van der Waals surface area contributed by atoms with E-state index in [0.29, 0.717) is 5.01 Å². The van der Waals surface area contributed by atoms with E-state index in [4.69, 9.17) is 5.11 Å². The molecular formula is C16H17N3O5S. The fourth-order valence-corrected chi connectivity index (χ4v) is 2.73. The van der Waals surface area contributed by atoms with Crippen LogP contribution in [0.15, 0.2) is 29.6 Å². The Kier molecular flexibility index (Phi) is 6.47. The Morgan fingerprint density at radius 3 is 2.80 bits per heavy atom. The number of aromatic nitrogens is 1. The van der Waals surface area contributed by atoms with Crippen molar-refractivity contribution in [2.24, 2.45) is 0 Å². The molecule has 1 heterocycles. The van der Waals surface area contributed by atoms with Crippen LogP contribution < -0.4 is 10.6 Å². The molecule has 0 atom stereocenters. The van der Waals surface area contributed by atoms with E-state index in [-0.39, 0.29) is 25.2 Å². The number of nitrogens with one attached hydrogen (secondary N) is 2. The Bertz CT molecular complexity index is 775. The van der Waals surface area contributed by atoms with Crippen molar-refractivity contribution in [3.05, 3.63) is 40.9 Å². The highest BCUT2D eigenvalue weighted by atomic mass is 32.1. The number of methoxy groups -OCH3 is 1. The van der Waals surface area contributed by atoms with E-state index in [1.165, 1.54) is 18.4 Å². The number of carboxylic acid groups (broad SMARTS) is 1. The number of carbonyl (C=O) groups excluding carboxylic acids is 2. The van der Waals surface area contributed by atoms with Crippen LogP contribution in [-0.4, -0.2) is 41.7 Å². The van der Waals surface area contributed by atoms with Gasteiger partial charge in [-0.05, 0) is 11.6 Å². The van der Waals surface area contributed by atoms with Crippen molar-refractivity contribution >= 4 is 29.3 Å². The summed E-state index contributed by atoms with van der Waals surface area (Å²) in [6.07, 6.45) is -0.129. The maximum absolute atomic E-state index is 11.6. The van der Waals surface area contributed by atoms with Crippen molar-refractivity contribution in [3.63, 3.8) is 0 Å². The molecular weight excluding hydrogens is 346 g/mol. The summed E-state index contributed by atoms with van der Waals surface area (Å²) < 4.78 is 4.64. The lowest BCUT2D eigenvalue weighted by Gasteiger charge is -2.07. The van der Waals surface area contributed by atoms with E-state index in [9.17, 15) is 14.4 Å². The summed E-state index contributed by atoms with van der Waals surface area (Å²) in [6, 6.07) is 6.95. The molecule has 0 aliphatic rings. The molecule has 3 N–H and O–H groups in total. The maximum atomic E-state index is 11.6. The van der Waals surface area contributed by atoms with Crippen molar-refractivity contribution in [3.8, 4) is 10.6 Å². The molecule has 0 saturated heterocycles. The number of carboxylic acids is 1. The van der Waals surface area contributed by atoms with Gasteiger partial charge in [-0.2, -0.15) is 0 Å². The average Bonchev–Trinajstić information content (AvgIpc) is 3.09. The minimum absolute atomic E-state index is 0.0661. The van der Waals surface area contributed by atoms with Gasteiger partial charge >= 0.3 is 18.0 Å². The molecule has 0 fully saturated rings. The van der Waals surface area contributed by atoms with Crippen LogP contribution in [-0.2, 0) is 16.1 Å². The molecule has 1 aromatic heterocycles. The van der Waals surface area contributed by atoms with Gasteiger partial charge in [0.2, 0.25) is 0 Å². The zero-order valence-electron chi connectivity index (χ0n) is 13.4. The van der Waals surface area contributed by atoms with Crippen LogP contribution in [0.3, 0.4) is 0 Å². The smallest absolute Gasteiger partial charge is 0.357 e. The van der Waals surface area contributed by atoms with Crippen molar-refractivity contribution in [1.29, 1.82) is 0 Å². The first-order valence-electron chi connectivity index (χ1n) is 7.36. The van der Waals surface area contributed by atoms with Gasteiger partial charge in [0.1, 0.15) is 5.01 Å². The Balaban J connectivity index is 1.95. The summed E-state index contributed by atoms with van der Waals surface area (Å²) in [6.45, 7) is 0.346. The summed E-state index contributed by atoms with van der Waals surface area (Å²) >= 11 is 1.33. The van der Waals surface area contributed by atoms with Crippen LogP contribution in [0.1, 0.15) is 22.5 Å². The highest BCUT2D eigenvalue weighted by Crippen LogP contribution is 2.24. The molecule has 8 nitrogen and oxygen atoms in total. The lowest BCUT2D eigenvalue weighted by molar-refractivity contribution is -0.136. The van der Waals surface area contributed by atoms with Gasteiger partial charge in [0, 0.05) is 24.0 Å². The van der Waals surface area contributed by atoms with Crippen LogP contribution in [0.4, 0.5) is 4.79 Å². The number of hydrogen-bond acceptors (Lipinski definition) is 6. The number of thiazole rings is 1. The molecule has 0 radical (unpaired) electrons. The Morgan fingerprint density at radius 1 is 1.28 bits per heavy atom. The number of hydrogen-bond donors (Lipinski definition) is 3. The van der Waals surface area contributed by atoms with Crippen molar-refractivity contribution in [2.45, 2.75) is 13.0 Å². The third-order valence-electron chi connectivity index (χ3n) is 3.15. The predicted octanol–water partition coefficient (Wildman–Crippen LogP) is 1.87. The molecule has 0 unspecified atom stereocenters. The monoisotopic (exact) mass is 363 g/mol. The van der Waals surface area contributed by atoms with Gasteiger partial charge in [-0.1, -0.05) is 18.2 Å². The van der Waals surface area contributed by atoms with E-state index in [0.717, 1.165) is 11.1 Å². The highest BCUT2D eigenvalue weighted by molar-refractivity contribution is 7.13. The topological polar surface area (TPSA) is 118 Å². The summed E-state index contributed by atoms with van der Waals surface area (Å²) in [5.74, 6) is -1.46. The highest BCUT2D eigenvalue weighted by Gasteiger charge is 2.12. The lowest BCUT2D eigenvalue weighted by Crippen LogP contribution is -2.36. The number of aliphatic carboxylic acids is 1. The van der Waals surface area contributed by atoms with Crippen molar-refractivity contribution in [1.82, 2.24) is 15.6 Å². The van der Waals surface area contributed by atoms with Crippen molar-refractivity contribution in [2.75, 3.05) is 13.7 Å². The van der Waals surface area contributed by atoms with E-state index in [1.807, 2.05) is 24.3 Å². The Labute approximate surface area is 147 Å². The Morgan fingerprint density at radius 2 is 2.08 bits per heavy atom. The number of nitrogens with zero attached hydrogens (tertiary/aromatic N) is 1. The van der Waals surface area contributed by atoms with Gasteiger partial charge in [0.25, 0.3) is 0 Å². The SMILES string of the molecule is COC(=O)c1csc(-c2cccc(CNC(=O)NCCC(=O)O)c2)n1. The summed E-state index contributed by atoms with van der Waals surface area (Å²) in [7, 11) is 1.30. The lowest BCUT2D eigenvalue weighted by atomic mass is 10.1.